The standard InChI is InChI=1S/C11H22O2.2C11H20O2.CH3.Gd/c3*1-10(2,3)8(12)7-9(13)11(4,5)6;;/h7-8,12-13H,1-6H3;2*7,12H,1-6H3;1H3;/q;;;-1;+3/p-2/b9-7-;2*8-7-;;. The molecule has 1 unspecified atom stereocenters. The summed E-state index contributed by atoms with van der Waals surface area (Å²) in [7, 11) is 0. The molecule has 0 aromatic carbocycles. The minimum absolute atomic E-state index is 0. The van der Waals surface area contributed by atoms with Crippen LogP contribution >= 0.6 is 0 Å². The minimum atomic E-state index is -0.667. The fourth-order valence-corrected chi connectivity index (χ4v) is 1.75. The second-order valence-electron chi connectivity index (χ2n) is 16.4. The molecule has 0 aliphatic rings. The molecule has 0 aromatic rings. The number of hydrogen-bond acceptors (Lipinski definition) is 6. The molecule has 0 bridgehead atoms. The van der Waals surface area contributed by atoms with Crippen LogP contribution in [-0.2, 0) is 9.59 Å². The largest absolute Gasteiger partial charge is 3.00 e. The van der Waals surface area contributed by atoms with Crippen molar-refractivity contribution in [2.24, 2.45) is 32.5 Å². The van der Waals surface area contributed by atoms with Gasteiger partial charge in [0.15, 0.2) is 11.6 Å². The Kier molecular flexibility index (Phi) is 22.1. The van der Waals surface area contributed by atoms with E-state index in [1.807, 2.05) is 125 Å². The van der Waals surface area contributed by atoms with Crippen LogP contribution in [-0.4, -0.2) is 27.9 Å². The molecule has 0 amide bonds. The van der Waals surface area contributed by atoms with Crippen molar-refractivity contribution in [3.8, 4) is 0 Å². The van der Waals surface area contributed by atoms with Crippen LogP contribution in [0.3, 0.4) is 0 Å². The molecule has 243 valence electrons. The first-order valence-electron chi connectivity index (χ1n) is 13.6. The van der Waals surface area contributed by atoms with Crippen molar-refractivity contribution in [2.75, 3.05) is 0 Å². The third-order valence-electron chi connectivity index (χ3n) is 5.45. The second-order valence-corrected chi connectivity index (χ2v) is 16.4. The Morgan fingerprint density at radius 3 is 1.07 bits per heavy atom. The molecule has 2 N–H and O–H groups in total. The molecule has 1 radical (unpaired) electrons. The zero-order valence-electron chi connectivity index (χ0n) is 29.7. The van der Waals surface area contributed by atoms with E-state index < -0.39 is 27.8 Å². The van der Waals surface area contributed by atoms with Crippen LogP contribution in [0.2, 0.25) is 0 Å². The molecule has 0 fully saturated rings. The van der Waals surface area contributed by atoms with Crippen LogP contribution in [0.1, 0.15) is 125 Å². The summed E-state index contributed by atoms with van der Waals surface area (Å²) in [4.78, 5) is 22.9. The molecule has 7 heteroatoms. The van der Waals surface area contributed by atoms with Gasteiger partial charge in [0.25, 0.3) is 0 Å². The molecule has 41 heavy (non-hydrogen) atoms. The Morgan fingerprint density at radius 1 is 0.561 bits per heavy atom. The maximum atomic E-state index is 11.5. The average Bonchev–Trinajstić information content (AvgIpc) is 2.64. The molecule has 0 aliphatic heterocycles. The average molecular weight is 725 g/mol. The van der Waals surface area contributed by atoms with Crippen molar-refractivity contribution in [2.45, 2.75) is 131 Å². The van der Waals surface area contributed by atoms with E-state index in [4.69, 9.17) is 0 Å². The number of carbonyl (C=O) groups excluding carboxylic acids is 2. The van der Waals surface area contributed by atoms with Gasteiger partial charge in [-0.2, -0.15) is 0 Å². The van der Waals surface area contributed by atoms with Gasteiger partial charge < -0.3 is 27.9 Å². The fourth-order valence-electron chi connectivity index (χ4n) is 1.75. The maximum absolute atomic E-state index is 11.5. The first-order valence-corrected chi connectivity index (χ1v) is 13.6. The molecule has 0 saturated carbocycles. The first kappa shape index (κ1) is 49.9. The van der Waals surface area contributed by atoms with E-state index in [0.29, 0.717) is 0 Å². The van der Waals surface area contributed by atoms with Crippen molar-refractivity contribution in [3.05, 3.63) is 42.9 Å². The summed E-state index contributed by atoms with van der Waals surface area (Å²) in [6.45, 7) is 33.2. The molecular formula is C34H63GdO6. The van der Waals surface area contributed by atoms with E-state index in [1.165, 1.54) is 18.2 Å². The van der Waals surface area contributed by atoms with E-state index in [9.17, 15) is 30.0 Å². The van der Waals surface area contributed by atoms with Crippen LogP contribution in [0.4, 0.5) is 0 Å². The SMILES string of the molecule is CC(C)(C)/C([O-])=C/C(O)C(C)(C)C.CC(C)(C)C(=O)/C=C(\O)C(C)(C)C.CC(C)(C)C(=O)/C=C(\[O-])C(C)(C)C.[CH3-].[Gd+3]. The predicted octanol–water partition coefficient (Wildman–Crippen LogP) is 7.12. The summed E-state index contributed by atoms with van der Waals surface area (Å²) in [6.07, 6.45) is 3.30. The van der Waals surface area contributed by atoms with E-state index in [-0.39, 0.29) is 87.0 Å². The number of aliphatic hydroxyl groups excluding tert-OH is 2. The van der Waals surface area contributed by atoms with Gasteiger partial charge in [0.1, 0.15) is 5.76 Å². The van der Waals surface area contributed by atoms with Crippen molar-refractivity contribution in [1.29, 1.82) is 0 Å². The van der Waals surface area contributed by atoms with Crippen LogP contribution in [0.15, 0.2) is 35.5 Å². The molecule has 1 atom stereocenters. The molecular weight excluding hydrogens is 662 g/mol. The molecule has 0 aromatic heterocycles. The van der Waals surface area contributed by atoms with E-state index in [0.717, 1.165) is 0 Å². The zero-order chi connectivity index (χ0) is 32.6. The minimum Gasteiger partial charge on any atom is -0.875 e. The summed E-state index contributed by atoms with van der Waals surface area (Å²) in [6, 6.07) is 0. The van der Waals surface area contributed by atoms with Gasteiger partial charge in [-0.1, -0.05) is 131 Å². The van der Waals surface area contributed by atoms with Crippen molar-refractivity contribution >= 4 is 11.6 Å². The Bertz CT molecular complexity index is 814. The number of ketones is 2. The number of hydrogen-bond donors (Lipinski definition) is 2. The number of carbonyl (C=O) groups is 2. The molecule has 0 heterocycles. The Labute approximate surface area is 285 Å². The van der Waals surface area contributed by atoms with Crippen LogP contribution < -0.4 is 10.2 Å². The third kappa shape index (κ3) is 24.4. The first-order chi connectivity index (χ1) is 16.6. The molecule has 6 nitrogen and oxygen atoms in total. The molecule has 0 spiro atoms. The topological polar surface area (TPSA) is 121 Å². The van der Waals surface area contributed by atoms with Gasteiger partial charge in [-0.05, 0) is 22.3 Å². The monoisotopic (exact) mass is 725 g/mol. The van der Waals surface area contributed by atoms with Crippen LogP contribution in [0.5, 0.6) is 0 Å². The fraction of sp³-hybridized carbons (Fsp3) is 0.735. The van der Waals surface area contributed by atoms with Crippen molar-refractivity contribution in [1.82, 2.24) is 0 Å². The van der Waals surface area contributed by atoms with Gasteiger partial charge in [0.2, 0.25) is 0 Å². The number of rotatable bonds is 3. The van der Waals surface area contributed by atoms with Crippen molar-refractivity contribution < 1.29 is 70.0 Å². The molecule has 0 rings (SSSR count). The van der Waals surface area contributed by atoms with Gasteiger partial charge in [0.05, 0.1) is 6.10 Å². The van der Waals surface area contributed by atoms with Gasteiger partial charge in [0, 0.05) is 22.3 Å². The normalized spacial score (nSPS) is 14.7. The Morgan fingerprint density at radius 2 is 0.854 bits per heavy atom. The maximum Gasteiger partial charge on any atom is 3.00 e. The van der Waals surface area contributed by atoms with Gasteiger partial charge in [-0.3, -0.25) is 9.59 Å². The summed E-state index contributed by atoms with van der Waals surface area (Å²) in [5, 5.41) is 42.2. The summed E-state index contributed by atoms with van der Waals surface area (Å²) < 4.78 is 0. The quantitative estimate of drug-likeness (QED) is 0.182. The van der Waals surface area contributed by atoms with E-state index in [1.54, 1.807) is 0 Å². The summed E-state index contributed by atoms with van der Waals surface area (Å²) in [5.74, 6) is -0.109. The summed E-state index contributed by atoms with van der Waals surface area (Å²) in [5.41, 5.74) is -2.34. The number of aliphatic hydroxyl groups is 2. The van der Waals surface area contributed by atoms with Gasteiger partial charge in [-0.25, -0.2) is 0 Å². The van der Waals surface area contributed by atoms with Gasteiger partial charge >= 0.3 is 39.9 Å². The Balaban J connectivity index is -0.000000154. The van der Waals surface area contributed by atoms with E-state index >= 15 is 0 Å². The number of allylic oxidation sites excluding steroid dienone is 5. The van der Waals surface area contributed by atoms with Crippen LogP contribution in [0.25, 0.3) is 0 Å². The second kappa shape index (κ2) is 18.1. The predicted molar refractivity (Wildman–Crippen MR) is 166 cm³/mol. The Hall–Kier alpha value is -0.755. The van der Waals surface area contributed by atoms with E-state index in [2.05, 4.69) is 0 Å². The molecule has 0 saturated heterocycles. The summed E-state index contributed by atoms with van der Waals surface area (Å²) >= 11 is 0. The molecule has 0 aliphatic carbocycles. The van der Waals surface area contributed by atoms with Crippen LogP contribution in [0, 0.1) is 79.9 Å². The smallest absolute Gasteiger partial charge is 0.875 e. The van der Waals surface area contributed by atoms with Crippen molar-refractivity contribution in [3.63, 3.8) is 0 Å². The van der Waals surface area contributed by atoms with Gasteiger partial charge in [-0.15, -0.1) is 11.5 Å². The zero-order valence-corrected chi connectivity index (χ0v) is 32.0. The third-order valence-corrected chi connectivity index (χ3v) is 5.45.